The third kappa shape index (κ3) is 6.41. The molecule has 2 heterocycles. The van der Waals surface area contributed by atoms with E-state index >= 15 is 0 Å². The Hall–Kier alpha value is -2.71. The topological polar surface area (TPSA) is 45.6 Å². The van der Waals surface area contributed by atoms with E-state index in [-0.39, 0.29) is 24.0 Å². The first kappa shape index (κ1) is 27.3. The number of halogens is 4. The quantitative estimate of drug-likeness (QED) is 0.244. The first-order valence-corrected chi connectivity index (χ1v) is 12.8. The van der Waals surface area contributed by atoms with E-state index in [0.29, 0.717) is 36.8 Å². The van der Waals surface area contributed by atoms with Crippen molar-refractivity contribution in [2.24, 2.45) is 5.41 Å². The number of pyridine rings is 1. The summed E-state index contributed by atoms with van der Waals surface area (Å²) >= 11 is 0. The van der Waals surface area contributed by atoms with E-state index in [4.69, 9.17) is 4.74 Å². The van der Waals surface area contributed by atoms with E-state index in [1.165, 1.54) is 0 Å². The van der Waals surface area contributed by atoms with E-state index in [1.807, 2.05) is 18.2 Å². The van der Waals surface area contributed by atoms with Gasteiger partial charge in [0.1, 0.15) is 18.2 Å². The molecule has 37 heavy (non-hydrogen) atoms. The molecule has 2 aromatic carbocycles. The Kier molecular flexibility index (Phi) is 9.03. The molecule has 1 saturated heterocycles. The van der Waals surface area contributed by atoms with Gasteiger partial charge in [-0.05, 0) is 105 Å². The van der Waals surface area contributed by atoms with E-state index in [2.05, 4.69) is 9.88 Å². The number of hydrogen-bond acceptors (Lipinski definition) is 4. The predicted octanol–water partition coefficient (Wildman–Crippen LogP) is 6.16. The van der Waals surface area contributed by atoms with Gasteiger partial charge in [-0.2, -0.15) is 0 Å². The third-order valence-corrected chi connectivity index (χ3v) is 7.79. The molecule has 3 aromatic rings. The Bertz CT molecular complexity index is 1210. The molecule has 4 nitrogen and oxygen atoms in total. The Morgan fingerprint density at radius 2 is 1.81 bits per heavy atom. The average molecular weight is 519 g/mol. The van der Waals surface area contributed by atoms with Crippen molar-refractivity contribution in [3.63, 3.8) is 0 Å². The number of hydrogen-bond donors (Lipinski definition) is 1. The van der Waals surface area contributed by atoms with Gasteiger partial charge in [0, 0.05) is 29.8 Å². The maximum absolute atomic E-state index is 13.9. The lowest BCUT2D eigenvalue weighted by Crippen LogP contribution is -2.42. The number of aryl methyl sites for hydroxylation is 2. The van der Waals surface area contributed by atoms with E-state index in [0.717, 1.165) is 61.3 Å². The number of likely N-dealkylation sites (tertiary alicyclic amines) is 1. The summed E-state index contributed by atoms with van der Waals surface area (Å²) in [4.78, 5) is 6.64. The Balaban J connectivity index is 1.31. The Morgan fingerprint density at radius 1 is 1.03 bits per heavy atom. The van der Waals surface area contributed by atoms with Gasteiger partial charge in [-0.3, -0.25) is 4.98 Å². The van der Waals surface area contributed by atoms with Crippen LogP contribution in [0.4, 0.5) is 17.6 Å². The van der Waals surface area contributed by atoms with Crippen molar-refractivity contribution in [2.75, 3.05) is 33.4 Å². The maximum atomic E-state index is 13.9. The van der Waals surface area contributed by atoms with Gasteiger partial charge in [-0.1, -0.05) is 0 Å². The number of piperidine rings is 1. The summed E-state index contributed by atoms with van der Waals surface area (Å²) in [6.45, 7) is 1.80. The number of ether oxygens (including phenoxy) is 1. The first-order valence-electron chi connectivity index (χ1n) is 12.8. The van der Waals surface area contributed by atoms with Crippen molar-refractivity contribution in [1.29, 1.82) is 0 Å². The normalized spacial score (nSPS) is 15.8. The van der Waals surface area contributed by atoms with Crippen LogP contribution in [0, 0.1) is 22.9 Å². The van der Waals surface area contributed by atoms with Crippen LogP contribution < -0.4 is 4.74 Å². The highest BCUT2D eigenvalue weighted by molar-refractivity contribution is 5.84. The summed E-state index contributed by atoms with van der Waals surface area (Å²) in [5.41, 5.74) is 2.21. The second kappa shape index (κ2) is 12.2. The molecule has 0 bridgehead atoms. The smallest absolute Gasteiger partial charge is 0.162 e. The van der Waals surface area contributed by atoms with Crippen LogP contribution in [0.5, 0.6) is 5.75 Å². The SMILES string of the molecule is COc1ccc2ncc(CF)c(CCCC3(CO)CCN(CCCc4cc(F)cc(F)c4F)CC3)c2c1. The second-order valence-electron chi connectivity index (χ2n) is 10.1. The molecule has 200 valence electrons. The van der Waals surface area contributed by atoms with Crippen LogP contribution in [0.2, 0.25) is 0 Å². The molecule has 1 aliphatic rings. The molecule has 1 fully saturated rings. The van der Waals surface area contributed by atoms with Gasteiger partial charge in [0.15, 0.2) is 11.6 Å². The lowest BCUT2D eigenvalue weighted by atomic mass is 9.75. The minimum absolute atomic E-state index is 0.0631. The molecule has 4 rings (SSSR count). The Labute approximate surface area is 215 Å². The van der Waals surface area contributed by atoms with E-state index < -0.39 is 24.1 Å². The minimum Gasteiger partial charge on any atom is -0.497 e. The number of aliphatic hydroxyl groups excluding tert-OH is 1. The van der Waals surface area contributed by atoms with Crippen molar-refractivity contribution >= 4 is 10.9 Å². The molecule has 0 aliphatic carbocycles. The fourth-order valence-electron chi connectivity index (χ4n) is 5.47. The van der Waals surface area contributed by atoms with Gasteiger partial charge < -0.3 is 14.7 Å². The molecule has 0 radical (unpaired) electrons. The van der Waals surface area contributed by atoms with Crippen LogP contribution in [-0.2, 0) is 19.5 Å². The maximum Gasteiger partial charge on any atom is 0.162 e. The van der Waals surface area contributed by atoms with Crippen LogP contribution in [0.15, 0.2) is 36.5 Å². The fraction of sp³-hybridized carbons (Fsp3) is 0.483. The predicted molar refractivity (Wildman–Crippen MR) is 136 cm³/mol. The summed E-state index contributed by atoms with van der Waals surface area (Å²) in [6, 6.07) is 7.24. The molecule has 1 N–H and O–H groups in total. The number of rotatable bonds is 11. The fourth-order valence-corrected chi connectivity index (χ4v) is 5.47. The summed E-state index contributed by atoms with van der Waals surface area (Å²) < 4.78 is 59.8. The largest absolute Gasteiger partial charge is 0.497 e. The number of alkyl halides is 1. The van der Waals surface area contributed by atoms with Crippen LogP contribution in [0.3, 0.4) is 0 Å². The van der Waals surface area contributed by atoms with Crippen molar-refractivity contribution in [3.05, 3.63) is 70.7 Å². The first-order chi connectivity index (χ1) is 17.9. The van der Waals surface area contributed by atoms with Crippen LogP contribution in [-0.4, -0.2) is 48.3 Å². The standard InChI is InChI=1S/C29H34F4N2O2/c1-37-23-6-7-27-25(16-23)24(21(17-30)18-34-27)5-2-8-29(19-36)9-12-35(13-10-29)11-3-4-20-14-22(31)15-26(32)28(20)33/h6-7,14-16,18,36H,2-5,8-13,17,19H2,1H3. The summed E-state index contributed by atoms with van der Waals surface area (Å²) in [6.07, 6.45) is 6.45. The van der Waals surface area contributed by atoms with E-state index in [9.17, 15) is 22.7 Å². The van der Waals surface area contributed by atoms with Crippen LogP contribution in [0.25, 0.3) is 10.9 Å². The zero-order chi connectivity index (χ0) is 26.4. The molecule has 0 saturated carbocycles. The number of aromatic nitrogens is 1. The lowest BCUT2D eigenvalue weighted by Gasteiger charge is -2.41. The van der Waals surface area contributed by atoms with Gasteiger partial charge in [0.05, 0.1) is 12.6 Å². The number of methoxy groups -OCH3 is 1. The molecule has 1 aromatic heterocycles. The molecule has 0 atom stereocenters. The van der Waals surface area contributed by atoms with Gasteiger partial charge in [-0.15, -0.1) is 0 Å². The molecular formula is C29H34F4N2O2. The molecular weight excluding hydrogens is 484 g/mol. The van der Waals surface area contributed by atoms with Crippen LogP contribution >= 0.6 is 0 Å². The number of aliphatic hydroxyl groups is 1. The summed E-state index contributed by atoms with van der Waals surface area (Å²) in [5, 5.41) is 11.2. The van der Waals surface area contributed by atoms with E-state index in [1.54, 1.807) is 13.3 Å². The van der Waals surface area contributed by atoms with Gasteiger partial charge in [0.25, 0.3) is 0 Å². The zero-order valence-corrected chi connectivity index (χ0v) is 21.2. The zero-order valence-electron chi connectivity index (χ0n) is 21.2. The Morgan fingerprint density at radius 3 is 2.51 bits per heavy atom. The third-order valence-electron chi connectivity index (χ3n) is 7.79. The monoisotopic (exact) mass is 518 g/mol. The highest BCUT2D eigenvalue weighted by Gasteiger charge is 2.33. The van der Waals surface area contributed by atoms with Gasteiger partial charge in [-0.25, -0.2) is 17.6 Å². The minimum atomic E-state index is -1.15. The number of nitrogens with zero attached hydrogens (tertiary/aromatic N) is 2. The highest BCUT2D eigenvalue weighted by Crippen LogP contribution is 2.37. The lowest BCUT2D eigenvalue weighted by molar-refractivity contribution is 0.0353. The molecule has 0 unspecified atom stereocenters. The van der Waals surface area contributed by atoms with Crippen LogP contribution in [0.1, 0.15) is 48.8 Å². The summed E-state index contributed by atoms with van der Waals surface area (Å²) in [7, 11) is 1.60. The second-order valence-corrected chi connectivity index (χ2v) is 10.1. The van der Waals surface area contributed by atoms with Crippen molar-refractivity contribution in [1.82, 2.24) is 9.88 Å². The molecule has 8 heteroatoms. The summed E-state index contributed by atoms with van der Waals surface area (Å²) in [5.74, 6) is -2.19. The molecule has 0 spiro atoms. The molecule has 0 amide bonds. The van der Waals surface area contributed by atoms with Crippen molar-refractivity contribution < 1.29 is 27.4 Å². The molecule has 1 aliphatic heterocycles. The van der Waals surface area contributed by atoms with Crippen molar-refractivity contribution in [3.8, 4) is 5.75 Å². The van der Waals surface area contributed by atoms with Crippen molar-refractivity contribution in [2.45, 2.75) is 51.6 Å². The highest BCUT2D eigenvalue weighted by atomic mass is 19.2. The van der Waals surface area contributed by atoms with Gasteiger partial charge in [0.2, 0.25) is 0 Å². The van der Waals surface area contributed by atoms with Gasteiger partial charge >= 0.3 is 0 Å². The average Bonchev–Trinajstić information content (AvgIpc) is 2.92. The number of benzene rings is 2. The number of fused-ring (bicyclic) bond motifs is 1.